The molecule has 0 aliphatic carbocycles. The summed E-state index contributed by atoms with van der Waals surface area (Å²) in [7, 11) is 0. The van der Waals surface area contributed by atoms with Gasteiger partial charge in [0.15, 0.2) is 5.82 Å². The first-order valence-electron chi connectivity index (χ1n) is 5.16. The number of nitrogen functional groups attached to an aromatic ring is 1. The summed E-state index contributed by atoms with van der Waals surface area (Å²) in [6, 6.07) is 0.484. The van der Waals surface area contributed by atoms with Crippen LogP contribution in [0.15, 0.2) is 0 Å². The van der Waals surface area contributed by atoms with Crippen molar-refractivity contribution >= 4 is 23.1 Å². The SMILES string of the molecule is Cc1nc(Cl)nc(N2CCCC2C)c1N. The van der Waals surface area contributed by atoms with Crippen LogP contribution in [0.5, 0.6) is 0 Å². The van der Waals surface area contributed by atoms with Crippen LogP contribution in [0.4, 0.5) is 11.5 Å². The monoisotopic (exact) mass is 226 g/mol. The maximum Gasteiger partial charge on any atom is 0.224 e. The van der Waals surface area contributed by atoms with E-state index in [2.05, 4.69) is 21.8 Å². The zero-order valence-corrected chi connectivity index (χ0v) is 9.75. The highest BCUT2D eigenvalue weighted by Crippen LogP contribution is 2.30. The summed E-state index contributed by atoms with van der Waals surface area (Å²) in [5.74, 6) is 0.789. The van der Waals surface area contributed by atoms with Crippen molar-refractivity contribution in [1.29, 1.82) is 0 Å². The van der Waals surface area contributed by atoms with Gasteiger partial charge in [-0.05, 0) is 38.3 Å². The summed E-state index contributed by atoms with van der Waals surface area (Å²) in [4.78, 5) is 10.5. The number of hydrogen-bond donors (Lipinski definition) is 1. The van der Waals surface area contributed by atoms with E-state index < -0.39 is 0 Å². The Bertz CT molecular complexity index is 380. The van der Waals surface area contributed by atoms with Crippen LogP contribution in [-0.4, -0.2) is 22.6 Å². The molecule has 1 aromatic heterocycles. The number of aryl methyl sites for hydroxylation is 1. The van der Waals surface area contributed by atoms with Gasteiger partial charge in [0.05, 0.1) is 11.4 Å². The van der Waals surface area contributed by atoms with Crippen LogP contribution in [0.1, 0.15) is 25.5 Å². The van der Waals surface area contributed by atoms with Gasteiger partial charge in [0.2, 0.25) is 5.28 Å². The lowest BCUT2D eigenvalue weighted by Crippen LogP contribution is -2.28. The molecule has 2 rings (SSSR count). The van der Waals surface area contributed by atoms with Crippen molar-refractivity contribution in [1.82, 2.24) is 9.97 Å². The van der Waals surface area contributed by atoms with Gasteiger partial charge < -0.3 is 10.6 Å². The van der Waals surface area contributed by atoms with Gasteiger partial charge in [-0.3, -0.25) is 0 Å². The second-order valence-corrected chi connectivity index (χ2v) is 4.34. The van der Waals surface area contributed by atoms with E-state index in [1.165, 1.54) is 12.8 Å². The Hall–Kier alpha value is -1.03. The van der Waals surface area contributed by atoms with Crippen molar-refractivity contribution in [2.75, 3.05) is 17.2 Å². The Morgan fingerprint density at radius 2 is 2.20 bits per heavy atom. The van der Waals surface area contributed by atoms with Gasteiger partial charge in [0.25, 0.3) is 0 Å². The summed E-state index contributed by atoms with van der Waals surface area (Å²) in [6.45, 7) is 5.03. The molecule has 0 aromatic carbocycles. The quantitative estimate of drug-likeness (QED) is 0.745. The topological polar surface area (TPSA) is 55.0 Å². The van der Waals surface area contributed by atoms with Crippen molar-refractivity contribution < 1.29 is 0 Å². The molecule has 1 fully saturated rings. The standard InChI is InChI=1S/C10H15ClN4/c1-6-4-3-5-15(6)9-8(12)7(2)13-10(11)14-9/h6H,3-5,12H2,1-2H3. The fraction of sp³-hybridized carbons (Fsp3) is 0.600. The van der Waals surface area contributed by atoms with E-state index in [4.69, 9.17) is 17.3 Å². The predicted octanol–water partition coefficient (Wildman–Crippen LogP) is 2.01. The molecule has 0 amide bonds. The highest BCUT2D eigenvalue weighted by molar-refractivity contribution is 6.28. The lowest BCUT2D eigenvalue weighted by molar-refractivity contribution is 0.726. The van der Waals surface area contributed by atoms with Crippen molar-refractivity contribution in [3.63, 3.8) is 0 Å². The van der Waals surface area contributed by atoms with Crippen molar-refractivity contribution in [2.45, 2.75) is 32.7 Å². The minimum atomic E-state index is 0.274. The molecule has 1 aliphatic heterocycles. The Kier molecular flexibility index (Phi) is 2.69. The van der Waals surface area contributed by atoms with E-state index >= 15 is 0 Å². The first kappa shape index (κ1) is 10.5. The fourth-order valence-electron chi connectivity index (χ4n) is 2.00. The number of rotatable bonds is 1. The number of halogens is 1. The number of nitrogens with zero attached hydrogens (tertiary/aromatic N) is 3. The van der Waals surface area contributed by atoms with Crippen LogP contribution in [0, 0.1) is 6.92 Å². The Balaban J connectivity index is 2.42. The van der Waals surface area contributed by atoms with E-state index in [1.54, 1.807) is 0 Å². The van der Waals surface area contributed by atoms with Crippen LogP contribution >= 0.6 is 11.6 Å². The second-order valence-electron chi connectivity index (χ2n) is 4.00. The zero-order chi connectivity index (χ0) is 11.0. The Labute approximate surface area is 94.5 Å². The lowest BCUT2D eigenvalue weighted by Gasteiger charge is -2.24. The molecule has 2 N–H and O–H groups in total. The number of hydrogen-bond acceptors (Lipinski definition) is 4. The first-order valence-corrected chi connectivity index (χ1v) is 5.53. The van der Waals surface area contributed by atoms with Gasteiger partial charge >= 0.3 is 0 Å². The molecule has 0 radical (unpaired) electrons. The lowest BCUT2D eigenvalue weighted by atomic mass is 10.2. The van der Waals surface area contributed by atoms with Crippen LogP contribution in [0.2, 0.25) is 5.28 Å². The molecular formula is C10H15ClN4. The van der Waals surface area contributed by atoms with Gasteiger partial charge in [-0.15, -0.1) is 0 Å². The van der Waals surface area contributed by atoms with Gasteiger partial charge in [0, 0.05) is 12.6 Å². The van der Waals surface area contributed by atoms with Crippen molar-refractivity contribution in [2.24, 2.45) is 0 Å². The van der Waals surface area contributed by atoms with Crippen LogP contribution in [0.25, 0.3) is 0 Å². The molecule has 5 heteroatoms. The molecule has 4 nitrogen and oxygen atoms in total. The minimum Gasteiger partial charge on any atom is -0.394 e. The van der Waals surface area contributed by atoms with Gasteiger partial charge in [0.1, 0.15) is 0 Å². The summed E-state index contributed by atoms with van der Waals surface area (Å²) in [6.07, 6.45) is 2.36. The minimum absolute atomic E-state index is 0.274. The van der Waals surface area contributed by atoms with E-state index in [-0.39, 0.29) is 5.28 Å². The summed E-state index contributed by atoms with van der Waals surface area (Å²) in [5, 5.41) is 0.274. The van der Waals surface area contributed by atoms with E-state index in [0.29, 0.717) is 11.7 Å². The number of nitrogens with two attached hydrogens (primary N) is 1. The molecule has 82 valence electrons. The van der Waals surface area contributed by atoms with Gasteiger partial charge in [-0.1, -0.05) is 0 Å². The molecule has 1 aromatic rings. The van der Waals surface area contributed by atoms with E-state index in [9.17, 15) is 0 Å². The predicted molar refractivity (Wildman–Crippen MR) is 62.2 cm³/mol. The highest BCUT2D eigenvalue weighted by atomic mass is 35.5. The van der Waals surface area contributed by atoms with E-state index in [1.807, 2.05) is 6.92 Å². The second kappa shape index (κ2) is 3.85. The zero-order valence-electron chi connectivity index (χ0n) is 9.00. The van der Waals surface area contributed by atoms with Crippen LogP contribution in [0.3, 0.4) is 0 Å². The Morgan fingerprint density at radius 1 is 1.47 bits per heavy atom. The average Bonchev–Trinajstić information content (AvgIpc) is 2.58. The van der Waals surface area contributed by atoms with Gasteiger partial charge in [-0.25, -0.2) is 4.98 Å². The fourth-order valence-corrected chi connectivity index (χ4v) is 2.21. The summed E-state index contributed by atoms with van der Waals surface area (Å²) < 4.78 is 0. The average molecular weight is 227 g/mol. The van der Waals surface area contributed by atoms with Crippen LogP contribution in [-0.2, 0) is 0 Å². The smallest absolute Gasteiger partial charge is 0.224 e. The molecule has 1 atom stereocenters. The molecule has 0 bridgehead atoms. The third-order valence-electron chi connectivity index (χ3n) is 2.91. The van der Waals surface area contributed by atoms with Gasteiger partial charge in [-0.2, -0.15) is 4.98 Å². The maximum atomic E-state index is 5.97. The molecule has 0 spiro atoms. The highest BCUT2D eigenvalue weighted by Gasteiger charge is 2.24. The molecule has 0 saturated carbocycles. The molecule has 1 aliphatic rings. The van der Waals surface area contributed by atoms with Crippen molar-refractivity contribution in [3.05, 3.63) is 11.0 Å². The third-order valence-corrected chi connectivity index (χ3v) is 3.08. The molecular weight excluding hydrogens is 212 g/mol. The van der Waals surface area contributed by atoms with Crippen LogP contribution < -0.4 is 10.6 Å². The normalized spacial score (nSPS) is 21.0. The number of anilines is 2. The molecule has 1 unspecified atom stereocenters. The largest absolute Gasteiger partial charge is 0.394 e. The maximum absolute atomic E-state index is 5.97. The first-order chi connectivity index (χ1) is 7.09. The number of aromatic nitrogens is 2. The van der Waals surface area contributed by atoms with E-state index in [0.717, 1.165) is 18.1 Å². The molecule has 1 saturated heterocycles. The third kappa shape index (κ3) is 1.86. The summed E-state index contributed by atoms with van der Waals surface area (Å²) >= 11 is 5.84. The Morgan fingerprint density at radius 3 is 2.80 bits per heavy atom. The molecule has 15 heavy (non-hydrogen) atoms. The summed E-state index contributed by atoms with van der Waals surface area (Å²) in [5.41, 5.74) is 7.37. The molecule has 2 heterocycles. The van der Waals surface area contributed by atoms with Crippen molar-refractivity contribution in [3.8, 4) is 0 Å².